The summed E-state index contributed by atoms with van der Waals surface area (Å²) in [6.07, 6.45) is 4.58. The first-order valence-electron chi connectivity index (χ1n) is 8.36. The summed E-state index contributed by atoms with van der Waals surface area (Å²) in [4.78, 5) is 10.1. The Morgan fingerprint density at radius 1 is 1.30 bits per heavy atom. The third kappa shape index (κ3) is 7.13. The van der Waals surface area contributed by atoms with E-state index in [1.165, 1.54) is 24.1 Å². The summed E-state index contributed by atoms with van der Waals surface area (Å²) in [6, 6.07) is 10.3. The van der Waals surface area contributed by atoms with Gasteiger partial charge in [0.05, 0.1) is 5.69 Å². The van der Waals surface area contributed by atoms with E-state index in [2.05, 4.69) is 29.5 Å². The van der Waals surface area contributed by atoms with Gasteiger partial charge in [0.15, 0.2) is 0 Å². The maximum atomic E-state index is 10.1. The zero-order valence-electron chi connectivity index (χ0n) is 14.6. The lowest BCUT2D eigenvalue weighted by Crippen LogP contribution is -1.86. The van der Waals surface area contributed by atoms with Crippen LogP contribution in [0.5, 0.6) is 0 Å². The third-order valence-corrected chi connectivity index (χ3v) is 3.39. The number of carbonyl (C=O) groups is 1. The minimum Gasteiger partial charge on any atom is -0.388 e. The number of aldehydes is 1. The molecule has 1 saturated carbocycles. The standard InChI is InChI=1S/C9H11NO2.C8H11N.C2H6/c11-5-1-2-8-6-9(10-12-8)7-3-4-7;1-7-4-3-5-8(6-7)9-2;1-2/h5-7H,1-4H2;3-6,9H,1-2H3;1-2H3. The summed E-state index contributed by atoms with van der Waals surface area (Å²) in [5.74, 6) is 1.47. The Hall–Kier alpha value is -2.10. The number of hydrogen-bond donors (Lipinski definition) is 1. The van der Waals surface area contributed by atoms with Crippen LogP contribution in [-0.4, -0.2) is 18.5 Å². The highest BCUT2D eigenvalue weighted by Gasteiger charge is 2.26. The van der Waals surface area contributed by atoms with Crippen molar-refractivity contribution in [1.29, 1.82) is 0 Å². The summed E-state index contributed by atoms with van der Waals surface area (Å²) in [5.41, 5.74) is 3.53. The van der Waals surface area contributed by atoms with E-state index in [0.29, 0.717) is 18.8 Å². The van der Waals surface area contributed by atoms with Gasteiger partial charge in [0.2, 0.25) is 0 Å². The number of carbonyl (C=O) groups excluding carboxylic acids is 1. The Morgan fingerprint density at radius 2 is 2.04 bits per heavy atom. The van der Waals surface area contributed by atoms with E-state index in [1.54, 1.807) is 0 Å². The van der Waals surface area contributed by atoms with Crippen LogP contribution in [0.4, 0.5) is 5.69 Å². The molecule has 1 aromatic heterocycles. The summed E-state index contributed by atoms with van der Waals surface area (Å²) in [7, 11) is 1.93. The van der Waals surface area contributed by atoms with Gasteiger partial charge in [-0.3, -0.25) is 0 Å². The maximum absolute atomic E-state index is 10.1. The molecule has 0 unspecified atom stereocenters. The van der Waals surface area contributed by atoms with E-state index in [0.717, 1.165) is 17.7 Å². The normalized spacial score (nSPS) is 12.3. The topological polar surface area (TPSA) is 55.1 Å². The third-order valence-electron chi connectivity index (χ3n) is 3.39. The van der Waals surface area contributed by atoms with Crippen LogP contribution in [0.15, 0.2) is 34.9 Å². The maximum Gasteiger partial charge on any atom is 0.137 e. The molecule has 4 nitrogen and oxygen atoms in total. The number of rotatable bonds is 5. The molecule has 2 aromatic rings. The molecule has 0 saturated heterocycles. The van der Waals surface area contributed by atoms with Gasteiger partial charge in [0.1, 0.15) is 12.0 Å². The Kier molecular flexibility index (Phi) is 8.73. The first kappa shape index (κ1) is 18.9. The fourth-order valence-corrected chi connectivity index (χ4v) is 2.02. The lowest BCUT2D eigenvalue weighted by Gasteiger charge is -1.98. The van der Waals surface area contributed by atoms with Crippen molar-refractivity contribution >= 4 is 12.0 Å². The van der Waals surface area contributed by atoms with Crippen LogP contribution in [0.1, 0.15) is 56.0 Å². The van der Waals surface area contributed by atoms with Gasteiger partial charge >= 0.3 is 0 Å². The molecule has 0 bridgehead atoms. The largest absolute Gasteiger partial charge is 0.388 e. The second kappa shape index (κ2) is 10.6. The first-order valence-corrected chi connectivity index (χ1v) is 8.36. The lowest BCUT2D eigenvalue weighted by molar-refractivity contribution is -0.107. The number of nitrogens with one attached hydrogen (secondary N) is 1. The number of benzene rings is 1. The minimum absolute atomic E-state index is 0.527. The summed E-state index contributed by atoms with van der Waals surface area (Å²) in [5, 5.41) is 7.01. The molecular formula is C19H28N2O2. The van der Waals surface area contributed by atoms with Crippen LogP contribution < -0.4 is 5.32 Å². The highest BCUT2D eigenvalue weighted by Crippen LogP contribution is 2.39. The van der Waals surface area contributed by atoms with Crippen LogP contribution in [0.25, 0.3) is 0 Å². The number of aryl methyl sites for hydroxylation is 2. The fraction of sp³-hybridized carbons (Fsp3) is 0.474. The molecule has 3 rings (SSSR count). The first-order chi connectivity index (χ1) is 11.2. The zero-order chi connectivity index (χ0) is 17.1. The van der Waals surface area contributed by atoms with Crippen molar-refractivity contribution in [2.45, 2.75) is 52.4 Å². The lowest BCUT2D eigenvalue weighted by atomic mass is 10.2. The Balaban J connectivity index is 0.000000215. The predicted octanol–water partition coefficient (Wildman–Crippen LogP) is 4.75. The van der Waals surface area contributed by atoms with Crippen LogP contribution in [0.3, 0.4) is 0 Å². The van der Waals surface area contributed by atoms with Crippen molar-refractivity contribution in [1.82, 2.24) is 5.16 Å². The molecule has 1 N–H and O–H groups in total. The number of anilines is 1. The molecular weight excluding hydrogens is 288 g/mol. The van der Waals surface area contributed by atoms with Gasteiger partial charge in [0.25, 0.3) is 0 Å². The Morgan fingerprint density at radius 3 is 2.57 bits per heavy atom. The number of hydrogen-bond acceptors (Lipinski definition) is 4. The molecule has 1 aliphatic rings. The molecule has 0 spiro atoms. The summed E-state index contributed by atoms with van der Waals surface area (Å²) in [6.45, 7) is 6.08. The second-order valence-corrected chi connectivity index (χ2v) is 5.32. The van der Waals surface area contributed by atoms with Crippen molar-refractivity contribution in [2.24, 2.45) is 0 Å². The number of aromatic nitrogens is 1. The van der Waals surface area contributed by atoms with Crippen LogP contribution >= 0.6 is 0 Å². The van der Waals surface area contributed by atoms with Gasteiger partial charge in [-0.2, -0.15) is 0 Å². The molecule has 0 radical (unpaired) electrons. The van der Waals surface area contributed by atoms with Crippen molar-refractivity contribution in [3.63, 3.8) is 0 Å². The van der Waals surface area contributed by atoms with Crippen LogP contribution in [0, 0.1) is 6.92 Å². The van der Waals surface area contributed by atoms with Crippen molar-refractivity contribution in [3.05, 3.63) is 47.3 Å². The van der Waals surface area contributed by atoms with Crippen LogP contribution in [-0.2, 0) is 11.2 Å². The van der Waals surface area contributed by atoms with Gasteiger partial charge in [-0.1, -0.05) is 31.1 Å². The van der Waals surface area contributed by atoms with E-state index in [-0.39, 0.29) is 0 Å². The quantitative estimate of drug-likeness (QED) is 0.809. The molecule has 23 heavy (non-hydrogen) atoms. The molecule has 0 atom stereocenters. The summed E-state index contributed by atoms with van der Waals surface area (Å²) >= 11 is 0. The molecule has 0 aliphatic heterocycles. The number of nitrogens with zero attached hydrogens (tertiary/aromatic N) is 1. The molecule has 1 aromatic carbocycles. The van der Waals surface area contributed by atoms with E-state index in [9.17, 15) is 4.79 Å². The predicted molar refractivity (Wildman–Crippen MR) is 94.9 cm³/mol. The van der Waals surface area contributed by atoms with E-state index in [4.69, 9.17) is 4.52 Å². The van der Waals surface area contributed by atoms with Gasteiger partial charge in [0, 0.05) is 37.6 Å². The highest BCUT2D eigenvalue weighted by molar-refractivity contribution is 5.49. The minimum atomic E-state index is 0.527. The molecule has 126 valence electrons. The fourth-order valence-electron chi connectivity index (χ4n) is 2.02. The summed E-state index contributed by atoms with van der Waals surface area (Å²) < 4.78 is 5.06. The van der Waals surface area contributed by atoms with E-state index >= 15 is 0 Å². The Bertz CT molecular complexity index is 574. The molecule has 1 fully saturated rings. The van der Waals surface area contributed by atoms with Gasteiger partial charge in [-0.15, -0.1) is 0 Å². The average molecular weight is 316 g/mol. The van der Waals surface area contributed by atoms with Crippen molar-refractivity contribution in [2.75, 3.05) is 12.4 Å². The average Bonchev–Trinajstić information content (AvgIpc) is 3.34. The van der Waals surface area contributed by atoms with Gasteiger partial charge in [-0.25, -0.2) is 0 Å². The Labute approximate surface area is 139 Å². The zero-order valence-corrected chi connectivity index (χ0v) is 14.6. The molecule has 1 heterocycles. The molecule has 1 aliphatic carbocycles. The van der Waals surface area contributed by atoms with Gasteiger partial charge < -0.3 is 14.6 Å². The SMILES string of the molecule is CC.CNc1cccc(C)c1.O=CCCc1cc(C2CC2)no1. The van der Waals surface area contributed by atoms with Crippen molar-refractivity contribution in [3.8, 4) is 0 Å². The van der Waals surface area contributed by atoms with E-state index in [1.807, 2.05) is 39.1 Å². The van der Waals surface area contributed by atoms with Gasteiger partial charge in [-0.05, 0) is 37.5 Å². The smallest absolute Gasteiger partial charge is 0.137 e. The van der Waals surface area contributed by atoms with Crippen molar-refractivity contribution < 1.29 is 9.32 Å². The highest BCUT2D eigenvalue weighted by atomic mass is 16.5. The molecule has 0 amide bonds. The second-order valence-electron chi connectivity index (χ2n) is 5.32. The monoisotopic (exact) mass is 316 g/mol. The van der Waals surface area contributed by atoms with E-state index < -0.39 is 0 Å². The molecule has 4 heteroatoms. The van der Waals surface area contributed by atoms with Crippen LogP contribution in [0.2, 0.25) is 0 Å².